The summed E-state index contributed by atoms with van der Waals surface area (Å²) in [6, 6.07) is 14.1. The van der Waals surface area contributed by atoms with Crippen LogP contribution in [0.25, 0.3) is 5.69 Å². The molecule has 5 nitrogen and oxygen atoms in total. The summed E-state index contributed by atoms with van der Waals surface area (Å²) in [6.45, 7) is 5.91. The molecule has 0 N–H and O–H groups in total. The number of aromatic nitrogens is 2. The second kappa shape index (κ2) is 8.09. The van der Waals surface area contributed by atoms with Gasteiger partial charge in [-0.3, -0.25) is 4.79 Å². The summed E-state index contributed by atoms with van der Waals surface area (Å²) in [6.07, 6.45) is -3.69. The summed E-state index contributed by atoms with van der Waals surface area (Å²) in [7, 11) is 0. The number of rotatable bonds is 3. The van der Waals surface area contributed by atoms with Crippen molar-refractivity contribution in [3.8, 4) is 5.69 Å². The molecule has 1 aliphatic rings. The molecule has 2 aromatic carbocycles. The van der Waals surface area contributed by atoms with Crippen molar-refractivity contribution in [1.29, 1.82) is 0 Å². The first kappa shape index (κ1) is 21.0. The molecule has 3 aromatic rings. The van der Waals surface area contributed by atoms with Crippen LogP contribution in [-0.4, -0.2) is 46.8 Å². The predicted octanol–water partition coefficient (Wildman–Crippen LogP) is 4.47. The third kappa shape index (κ3) is 4.02. The SMILES string of the molecule is Cc1cccc(N2CCN(C(=O)c3cnn(-c4ccccc4)c3C(F)(F)F)CC2)c1C. The van der Waals surface area contributed by atoms with E-state index in [1.807, 2.05) is 25.1 Å². The van der Waals surface area contributed by atoms with Crippen molar-refractivity contribution < 1.29 is 18.0 Å². The highest BCUT2D eigenvalue weighted by Gasteiger charge is 2.41. The number of nitrogens with zero attached hydrogens (tertiary/aromatic N) is 4. The molecule has 0 bridgehead atoms. The molecule has 0 unspecified atom stereocenters. The lowest BCUT2D eigenvalue weighted by atomic mass is 10.1. The van der Waals surface area contributed by atoms with Gasteiger partial charge in [-0.25, -0.2) is 4.68 Å². The van der Waals surface area contributed by atoms with Gasteiger partial charge in [0.2, 0.25) is 0 Å². The first-order valence-corrected chi connectivity index (χ1v) is 10.1. The molecule has 0 saturated carbocycles. The number of aryl methyl sites for hydroxylation is 1. The van der Waals surface area contributed by atoms with Crippen LogP contribution < -0.4 is 4.90 Å². The van der Waals surface area contributed by atoms with Crippen molar-refractivity contribution >= 4 is 11.6 Å². The molecule has 1 aromatic heterocycles. The molecule has 1 saturated heterocycles. The standard InChI is InChI=1S/C23H23F3N4O/c1-16-7-6-10-20(17(16)2)28-11-13-29(14-12-28)22(31)19-15-27-30(21(19)23(24,25)26)18-8-4-3-5-9-18/h3-10,15H,11-14H2,1-2H3. The molecular weight excluding hydrogens is 405 g/mol. The molecule has 4 rings (SSSR count). The Hall–Kier alpha value is -3.29. The fraction of sp³-hybridized carbons (Fsp3) is 0.304. The quantitative estimate of drug-likeness (QED) is 0.618. The monoisotopic (exact) mass is 428 g/mol. The van der Waals surface area contributed by atoms with Crippen LogP contribution >= 0.6 is 0 Å². The zero-order valence-electron chi connectivity index (χ0n) is 17.4. The van der Waals surface area contributed by atoms with E-state index in [0.717, 1.165) is 16.6 Å². The van der Waals surface area contributed by atoms with E-state index < -0.39 is 23.3 Å². The van der Waals surface area contributed by atoms with Crippen LogP contribution in [0, 0.1) is 13.8 Å². The molecule has 2 heterocycles. The minimum Gasteiger partial charge on any atom is -0.368 e. The summed E-state index contributed by atoms with van der Waals surface area (Å²) >= 11 is 0. The number of alkyl halides is 3. The Labute approximate surface area is 178 Å². The average Bonchev–Trinajstić information content (AvgIpc) is 3.22. The topological polar surface area (TPSA) is 41.4 Å². The second-order valence-electron chi connectivity index (χ2n) is 7.65. The van der Waals surface area contributed by atoms with E-state index in [1.54, 1.807) is 18.2 Å². The van der Waals surface area contributed by atoms with Gasteiger partial charge in [-0.05, 0) is 43.2 Å². The lowest BCUT2D eigenvalue weighted by molar-refractivity contribution is -0.143. The van der Waals surface area contributed by atoms with Crippen LogP contribution in [-0.2, 0) is 6.18 Å². The zero-order chi connectivity index (χ0) is 22.2. The van der Waals surface area contributed by atoms with Gasteiger partial charge >= 0.3 is 6.18 Å². The summed E-state index contributed by atoms with van der Waals surface area (Å²) < 4.78 is 42.4. The van der Waals surface area contributed by atoms with Gasteiger partial charge in [0.25, 0.3) is 5.91 Å². The van der Waals surface area contributed by atoms with Crippen LogP contribution in [0.4, 0.5) is 18.9 Å². The average molecular weight is 428 g/mol. The Morgan fingerprint density at radius 3 is 2.26 bits per heavy atom. The lowest BCUT2D eigenvalue weighted by Crippen LogP contribution is -2.49. The highest BCUT2D eigenvalue weighted by molar-refractivity contribution is 5.95. The van der Waals surface area contributed by atoms with E-state index in [-0.39, 0.29) is 5.69 Å². The Morgan fingerprint density at radius 2 is 1.61 bits per heavy atom. The van der Waals surface area contributed by atoms with Crippen molar-refractivity contribution in [2.75, 3.05) is 31.1 Å². The lowest BCUT2D eigenvalue weighted by Gasteiger charge is -2.37. The molecule has 1 aliphatic heterocycles. The van der Waals surface area contributed by atoms with Crippen LogP contribution in [0.5, 0.6) is 0 Å². The molecule has 0 aliphatic carbocycles. The fourth-order valence-corrected chi connectivity index (χ4v) is 3.94. The first-order valence-electron chi connectivity index (χ1n) is 10.1. The van der Waals surface area contributed by atoms with Gasteiger partial charge in [0.05, 0.1) is 17.4 Å². The van der Waals surface area contributed by atoms with Gasteiger partial charge in [-0.15, -0.1) is 0 Å². The molecular formula is C23H23F3N4O. The first-order chi connectivity index (χ1) is 14.8. The summed E-state index contributed by atoms with van der Waals surface area (Å²) in [5.41, 5.74) is 2.25. The van der Waals surface area contributed by atoms with Gasteiger partial charge in [-0.1, -0.05) is 30.3 Å². The number of halogens is 3. The largest absolute Gasteiger partial charge is 0.434 e. The Bertz CT molecular complexity index is 1080. The molecule has 31 heavy (non-hydrogen) atoms. The number of carbonyl (C=O) groups is 1. The van der Waals surface area contributed by atoms with Crippen LogP contribution in [0.3, 0.4) is 0 Å². The number of carbonyl (C=O) groups excluding carboxylic acids is 1. The molecule has 0 spiro atoms. The van der Waals surface area contributed by atoms with Crippen molar-refractivity contribution in [2.24, 2.45) is 0 Å². The molecule has 8 heteroatoms. The highest BCUT2D eigenvalue weighted by Crippen LogP contribution is 2.34. The predicted molar refractivity (Wildman–Crippen MR) is 113 cm³/mol. The van der Waals surface area contributed by atoms with Crippen molar-refractivity contribution in [3.63, 3.8) is 0 Å². The van der Waals surface area contributed by atoms with Gasteiger partial charge in [-0.2, -0.15) is 18.3 Å². The molecule has 1 fully saturated rings. The van der Waals surface area contributed by atoms with Gasteiger partial charge in [0.15, 0.2) is 5.69 Å². The van der Waals surface area contributed by atoms with E-state index in [0.29, 0.717) is 26.2 Å². The maximum absolute atomic E-state index is 13.9. The van der Waals surface area contributed by atoms with Crippen molar-refractivity contribution in [2.45, 2.75) is 20.0 Å². The number of hydrogen-bond donors (Lipinski definition) is 0. The third-order valence-electron chi connectivity index (χ3n) is 5.75. The molecule has 162 valence electrons. The van der Waals surface area contributed by atoms with Gasteiger partial charge in [0, 0.05) is 31.9 Å². The fourth-order valence-electron chi connectivity index (χ4n) is 3.94. The number of piperazine rings is 1. The Morgan fingerprint density at radius 1 is 0.935 bits per heavy atom. The summed E-state index contributed by atoms with van der Waals surface area (Å²) in [5, 5.41) is 3.89. The minimum atomic E-state index is -4.71. The minimum absolute atomic E-state index is 0.258. The van der Waals surface area contributed by atoms with E-state index in [4.69, 9.17) is 0 Å². The number of benzene rings is 2. The maximum Gasteiger partial charge on any atom is 0.434 e. The van der Waals surface area contributed by atoms with E-state index >= 15 is 0 Å². The number of para-hydroxylation sites is 1. The van der Waals surface area contributed by atoms with E-state index in [9.17, 15) is 18.0 Å². The third-order valence-corrected chi connectivity index (χ3v) is 5.75. The van der Waals surface area contributed by atoms with E-state index in [2.05, 4.69) is 16.9 Å². The van der Waals surface area contributed by atoms with Crippen molar-refractivity contribution in [3.05, 3.63) is 77.1 Å². The summed E-state index contributed by atoms with van der Waals surface area (Å²) in [4.78, 5) is 16.7. The van der Waals surface area contributed by atoms with Crippen LogP contribution in [0.2, 0.25) is 0 Å². The Balaban J connectivity index is 1.57. The number of hydrogen-bond acceptors (Lipinski definition) is 3. The zero-order valence-corrected chi connectivity index (χ0v) is 17.4. The molecule has 1 amide bonds. The number of anilines is 1. The highest BCUT2D eigenvalue weighted by atomic mass is 19.4. The second-order valence-corrected chi connectivity index (χ2v) is 7.65. The maximum atomic E-state index is 13.9. The Kier molecular flexibility index (Phi) is 5.47. The molecule has 0 atom stereocenters. The normalized spacial score (nSPS) is 14.7. The number of amides is 1. The van der Waals surface area contributed by atoms with Crippen molar-refractivity contribution in [1.82, 2.24) is 14.7 Å². The molecule has 0 radical (unpaired) electrons. The smallest absolute Gasteiger partial charge is 0.368 e. The van der Waals surface area contributed by atoms with Gasteiger partial charge in [0.1, 0.15) is 0 Å². The summed E-state index contributed by atoms with van der Waals surface area (Å²) in [5.74, 6) is -0.643. The van der Waals surface area contributed by atoms with Crippen LogP contribution in [0.1, 0.15) is 27.2 Å². The van der Waals surface area contributed by atoms with E-state index in [1.165, 1.54) is 28.2 Å². The van der Waals surface area contributed by atoms with Crippen LogP contribution in [0.15, 0.2) is 54.7 Å². The van der Waals surface area contributed by atoms with Gasteiger partial charge < -0.3 is 9.80 Å².